The number of fused-ring (bicyclic) bond motifs is 1. The normalized spacial score (nSPS) is 12.5. The molecule has 148 valence electrons. The van der Waals surface area contributed by atoms with Crippen molar-refractivity contribution >= 4 is 5.52 Å². The SMILES string of the molecule is FC(F)(F)c1ccc(-c2nccc(-c3c(C(F)(F)F)nn4ccccc34)n2)cc1. The van der Waals surface area contributed by atoms with E-state index in [2.05, 4.69) is 15.1 Å². The summed E-state index contributed by atoms with van der Waals surface area (Å²) in [5, 5.41) is 3.61. The number of hydrogen-bond donors (Lipinski definition) is 0. The van der Waals surface area contributed by atoms with Crippen molar-refractivity contribution in [2.24, 2.45) is 0 Å². The minimum absolute atomic E-state index is 0.000342. The number of alkyl halides is 6. The van der Waals surface area contributed by atoms with Gasteiger partial charge in [0.05, 0.1) is 22.3 Å². The Kier molecular flexibility index (Phi) is 4.29. The molecule has 4 aromatic rings. The van der Waals surface area contributed by atoms with E-state index in [9.17, 15) is 26.3 Å². The van der Waals surface area contributed by atoms with Gasteiger partial charge < -0.3 is 0 Å². The standard InChI is InChI=1S/C19H10F6N4/c20-18(21,22)12-6-4-11(5-7-12)17-26-9-8-13(27-17)15-14-3-1-2-10-29(14)28-16(15)19(23,24)25/h1-10H. The van der Waals surface area contributed by atoms with Crippen LogP contribution in [-0.2, 0) is 12.4 Å². The Bertz CT molecular complexity index is 1180. The van der Waals surface area contributed by atoms with Gasteiger partial charge in [0.15, 0.2) is 11.5 Å². The molecule has 1 aromatic carbocycles. The average molecular weight is 408 g/mol. The first-order chi connectivity index (χ1) is 13.6. The van der Waals surface area contributed by atoms with E-state index in [0.717, 1.165) is 16.6 Å². The van der Waals surface area contributed by atoms with E-state index in [0.29, 0.717) is 0 Å². The van der Waals surface area contributed by atoms with Crippen LogP contribution in [0.25, 0.3) is 28.2 Å². The second kappa shape index (κ2) is 6.57. The van der Waals surface area contributed by atoms with Gasteiger partial charge in [-0.15, -0.1) is 0 Å². The molecule has 0 N–H and O–H groups in total. The smallest absolute Gasteiger partial charge is 0.240 e. The summed E-state index contributed by atoms with van der Waals surface area (Å²) in [5.74, 6) is -0.000342. The topological polar surface area (TPSA) is 43.1 Å². The lowest BCUT2D eigenvalue weighted by molar-refractivity contribution is -0.141. The first kappa shape index (κ1) is 18.9. The molecule has 0 radical (unpaired) electrons. The second-order valence-electron chi connectivity index (χ2n) is 6.09. The number of rotatable bonds is 2. The van der Waals surface area contributed by atoms with E-state index in [1.54, 1.807) is 6.07 Å². The van der Waals surface area contributed by atoms with Crippen molar-refractivity contribution in [3.05, 3.63) is 72.2 Å². The van der Waals surface area contributed by atoms with Gasteiger partial charge in [-0.1, -0.05) is 18.2 Å². The molecule has 0 aliphatic carbocycles. The Morgan fingerprint density at radius 3 is 2.17 bits per heavy atom. The van der Waals surface area contributed by atoms with Gasteiger partial charge in [0, 0.05) is 18.0 Å². The monoisotopic (exact) mass is 408 g/mol. The number of pyridine rings is 1. The lowest BCUT2D eigenvalue weighted by Crippen LogP contribution is -2.08. The van der Waals surface area contributed by atoms with Gasteiger partial charge in [0.2, 0.25) is 0 Å². The first-order valence-electron chi connectivity index (χ1n) is 8.20. The molecule has 0 bridgehead atoms. The molecule has 0 unspecified atom stereocenters. The largest absolute Gasteiger partial charge is 0.435 e. The Morgan fingerprint density at radius 2 is 1.52 bits per heavy atom. The highest BCUT2D eigenvalue weighted by Crippen LogP contribution is 2.38. The summed E-state index contributed by atoms with van der Waals surface area (Å²) >= 11 is 0. The number of halogens is 6. The van der Waals surface area contributed by atoms with Gasteiger partial charge >= 0.3 is 12.4 Å². The van der Waals surface area contributed by atoms with Gasteiger partial charge in [-0.05, 0) is 30.3 Å². The molecule has 0 fully saturated rings. The Labute approximate surface area is 159 Å². The third-order valence-corrected chi connectivity index (χ3v) is 4.19. The van der Waals surface area contributed by atoms with E-state index < -0.39 is 23.6 Å². The molecular weight excluding hydrogens is 398 g/mol. The summed E-state index contributed by atoms with van der Waals surface area (Å²) in [6.07, 6.45) is -6.59. The van der Waals surface area contributed by atoms with Crippen LogP contribution >= 0.6 is 0 Å². The van der Waals surface area contributed by atoms with E-state index in [1.165, 1.54) is 42.7 Å². The molecule has 0 atom stereocenters. The Morgan fingerprint density at radius 1 is 0.793 bits per heavy atom. The van der Waals surface area contributed by atoms with Crippen molar-refractivity contribution in [2.75, 3.05) is 0 Å². The van der Waals surface area contributed by atoms with Crippen LogP contribution < -0.4 is 0 Å². The maximum atomic E-state index is 13.5. The Balaban J connectivity index is 1.85. The number of nitrogens with zero attached hydrogens (tertiary/aromatic N) is 4. The van der Waals surface area contributed by atoms with E-state index in [4.69, 9.17) is 0 Å². The van der Waals surface area contributed by atoms with Crippen molar-refractivity contribution in [2.45, 2.75) is 12.4 Å². The van der Waals surface area contributed by atoms with Crippen LogP contribution in [0.5, 0.6) is 0 Å². The predicted octanol–water partition coefficient (Wildman–Crippen LogP) is 5.50. The summed E-state index contributed by atoms with van der Waals surface area (Å²) < 4.78 is 79.9. The van der Waals surface area contributed by atoms with Gasteiger partial charge in [0.1, 0.15) is 0 Å². The molecule has 3 aromatic heterocycles. The fourth-order valence-corrected chi connectivity index (χ4v) is 2.89. The number of hydrogen-bond acceptors (Lipinski definition) is 3. The minimum atomic E-state index is -4.72. The van der Waals surface area contributed by atoms with Gasteiger partial charge in [-0.2, -0.15) is 31.4 Å². The first-order valence-corrected chi connectivity index (χ1v) is 8.20. The zero-order valence-electron chi connectivity index (χ0n) is 14.3. The quantitative estimate of drug-likeness (QED) is 0.412. The summed E-state index contributed by atoms with van der Waals surface area (Å²) in [7, 11) is 0. The fraction of sp³-hybridized carbons (Fsp3) is 0.105. The predicted molar refractivity (Wildman–Crippen MR) is 91.7 cm³/mol. The van der Waals surface area contributed by atoms with Gasteiger partial charge in [0.25, 0.3) is 0 Å². The molecule has 0 saturated carbocycles. The van der Waals surface area contributed by atoms with Crippen LogP contribution in [0.3, 0.4) is 0 Å². The van der Waals surface area contributed by atoms with Gasteiger partial charge in [-0.25, -0.2) is 14.5 Å². The van der Waals surface area contributed by atoms with Crippen molar-refractivity contribution in [3.63, 3.8) is 0 Å². The van der Waals surface area contributed by atoms with Crippen LogP contribution in [0, 0.1) is 0 Å². The van der Waals surface area contributed by atoms with E-state index in [1.807, 2.05) is 0 Å². The highest BCUT2D eigenvalue weighted by Gasteiger charge is 2.39. The molecule has 3 heterocycles. The van der Waals surface area contributed by atoms with Crippen molar-refractivity contribution in [1.82, 2.24) is 19.6 Å². The fourth-order valence-electron chi connectivity index (χ4n) is 2.89. The van der Waals surface area contributed by atoms with Crippen molar-refractivity contribution in [1.29, 1.82) is 0 Å². The molecule has 4 rings (SSSR count). The maximum absolute atomic E-state index is 13.5. The van der Waals surface area contributed by atoms with Gasteiger partial charge in [-0.3, -0.25) is 0 Å². The molecule has 29 heavy (non-hydrogen) atoms. The van der Waals surface area contributed by atoms with Crippen molar-refractivity contribution in [3.8, 4) is 22.6 Å². The maximum Gasteiger partial charge on any atom is 0.435 e. The van der Waals surface area contributed by atoms with Crippen LogP contribution in [-0.4, -0.2) is 19.6 Å². The highest BCUT2D eigenvalue weighted by atomic mass is 19.4. The van der Waals surface area contributed by atoms with Crippen LogP contribution in [0.1, 0.15) is 11.3 Å². The van der Waals surface area contributed by atoms with Crippen LogP contribution in [0.15, 0.2) is 60.9 Å². The minimum Gasteiger partial charge on any atom is -0.240 e. The van der Waals surface area contributed by atoms with E-state index >= 15 is 0 Å². The zero-order valence-corrected chi connectivity index (χ0v) is 14.3. The highest BCUT2D eigenvalue weighted by molar-refractivity contribution is 5.81. The molecule has 10 heteroatoms. The molecule has 4 nitrogen and oxygen atoms in total. The average Bonchev–Trinajstić information content (AvgIpc) is 3.08. The van der Waals surface area contributed by atoms with Crippen LogP contribution in [0.2, 0.25) is 0 Å². The number of aromatic nitrogens is 4. The van der Waals surface area contributed by atoms with Crippen LogP contribution in [0.4, 0.5) is 26.3 Å². The van der Waals surface area contributed by atoms with Crippen molar-refractivity contribution < 1.29 is 26.3 Å². The summed E-state index contributed by atoms with van der Waals surface area (Å²) in [6, 6.07) is 9.94. The lowest BCUT2D eigenvalue weighted by Gasteiger charge is -2.09. The molecule has 0 aliphatic rings. The molecule has 0 saturated heterocycles. The Hall–Kier alpha value is -3.43. The summed E-state index contributed by atoms with van der Waals surface area (Å²) in [4.78, 5) is 8.14. The molecule has 0 aliphatic heterocycles. The molecule has 0 spiro atoms. The summed E-state index contributed by atoms with van der Waals surface area (Å²) in [6.45, 7) is 0. The zero-order chi connectivity index (χ0) is 20.8. The second-order valence-corrected chi connectivity index (χ2v) is 6.09. The van der Waals surface area contributed by atoms with E-state index in [-0.39, 0.29) is 28.2 Å². The lowest BCUT2D eigenvalue weighted by atomic mass is 10.1. The third kappa shape index (κ3) is 3.53. The third-order valence-electron chi connectivity index (χ3n) is 4.19. The molecular formula is C19H10F6N4. The summed E-state index contributed by atoms with van der Waals surface area (Å²) in [5.41, 5.74) is -1.79. The molecule has 0 amide bonds. The number of benzene rings is 1.